The molecule has 5 rings (SSSR count). The predicted molar refractivity (Wildman–Crippen MR) is 134 cm³/mol. The molecule has 2 aromatic heterocycles. The number of anilines is 1. The minimum atomic E-state index is -0.165. The van der Waals surface area contributed by atoms with Gasteiger partial charge in [0.1, 0.15) is 11.5 Å². The van der Waals surface area contributed by atoms with Crippen molar-refractivity contribution in [1.29, 1.82) is 0 Å². The molecule has 2 aromatic carbocycles. The fourth-order valence-electron chi connectivity index (χ4n) is 4.72. The van der Waals surface area contributed by atoms with Gasteiger partial charge in [-0.1, -0.05) is 24.3 Å². The van der Waals surface area contributed by atoms with Gasteiger partial charge in [0.2, 0.25) is 11.4 Å². The number of aromatic amines is 1. The number of halogens is 1. The zero-order chi connectivity index (χ0) is 23.5. The standard InChI is InChI=1S/C27H29FN4O2/c1-19-18-25(30-27-21(19)10-11-24(33)29-27)34-17-3-2-12-31-13-15-32(16-14-31)23-9-5-7-20-6-4-8-22(28)26(20)23/h4-11,18H,2-3,12-17H2,1H3,(H,29,30,33). The first kappa shape index (κ1) is 22.3. The second-order valence-corrected chi connectivity index (χ2v) is 8.86. The van der Waals surface area contributed by atoms with Crippen LogP contribution in [0.5, 0.6) is 5.88 Å². The third kappa shape index (κ3) is 4.75. The number of unbranched alkanes of at least 4 members (excludes halogenated alkanes) is 1. The highest BCUT2D eigenvalue weighted by molar-refractivity contribution is 5.94. The lowest BCUT2D eigenvalue weighted by Crippen LogP contribution is -2.46. The number of nitrogens with one attached hydrogen (secondary N) is 1. The third-order valence-corrected chi connectivity index (χ3v) is 6.55. The molecule has 0 amide bonds. The summed E-state index contributed by atoms with van der Waals surface area (Å²) in [6, 6.07) is 16.5. The summed E-state index contributed by atoms with van der Waals surface area (Å²) in [5.41, 5.74) is 2.41. The Morgan fingerprint density at radius 3 is 2.65 bits per heavy atom. The summed E-state index contributed by atoms with van der Waals surface area (Å²) >= 11 is 0. The van der Waals surface area contributed by atoms with Crippen LogP contribution < -0.4 is 15.2 Å². The normalized spacial score (nSPS) is 14.7. The molecular formula is C27H29FN4O2. The van der Waals surface area contributed by atoms with Crippen LogP contribution in [0.25, 0.3) is 21.8 Å². The van der Waals surface area contributed by atoms with E-state index in [2.05, 4.69) is 19.8 Å². The van der Waals surface area contributed by atoms with E-state index in [0.29, 0.717) is 18.1 Å². The fourth-order valence-corrected chi connectivity index (χ4v) is 4.72. The number of ether oxygens (including phenoxy) is 1. The van der Waals surface area contributed by atoms with Crippen LogP contribution in [0.3, 0.4) is 0 Å². The van der Waals surface area contributed by atoms with E-state index in [1.54, 1.807) is 12.1 Å². The smallest absolute Gasteiger partial charge is 0.249 e. The minimum Gasteiger partial charge on any atom is -0.478 e. The second-order valence-electron chi connectivity index (χ2n) is 8.86. The summed E-state index contributed by atoms with van der Waals surface area (Å²) in [6.07, 6.45) is 1.96. The third-order valence-electron chi connectivity index (χ3n) is 6.55. The number of aryl methyl sites for hydroxylation is 1. The van der Waals surface area contributed by atoms with Crippen molar-refractivity contribution in [3.8, 4) is 5.88 Å². The maximum atomic E-state index is 14.5. The average Bonchev–Trinajstić information content (AvgIpc) is 2.84. The highest BCUT2D eigenvalue weighted by atomic mass is 19.1. The van der Waals surface area contributed by atoms with Crippen molar-refractivity contribution in [2.75, 3.05) is 44.2 Å². The van der Waals surface area contributed by atoms with Gasteiger partial charge in [-0.3, -0.25) is 9.69 Å². The maximum absolute atomic E-state index is 14.5. The van der Waals surface area contributed by atoms with Crippen LogP contribution in [0, 0.1) is 12.7 Å². The molecule has 176 valence electrons. The fraction of sp³-hybridized carbons (Fsp3) is 0.333. The van der Waals surface area contributed by atoms with Crippen LogP contribution in [0.15, 0.2) is 59.4 Å². The summed E-state index contributed by atoms with van der Waals surface area (Å²) in [7, 11) is 0. The van der Waals surface area contributed by atoms with Crippen LogP contribution in [0.1, 0.15) is 18.4 Å². The molecule has 4 aromatic rings. The van der Waals surface area contributed by atoms with Gasteiger partial charge < -0.3 is 14.6 Å². The van der Waals surface area contributed by atoms with Crippen LogP contribution >= 0.6 is 0 Å². The molecule has 7 heteroatoms. The average molecular weight is 461 g/mol. The Balaban J connectivity index is 1.09. The number of nitrogens with zero attached hydrogens (tertiary/aromatic N) is 3. The number of hydrogen-bond acceptors (Lipinski definition) is 5. The van der Waals surface area contributed by atoms with Gasteiger partial charge >= 0.3 is 0 Å². The van der Waals surface area contributed by atoms with Gasteiger partial charge in [-0.15, -0.1) is 0 Å². The molecule has 34 heavy (non-hydrogen) atoms. The number of pyridine rings is 2. The lowest BCUT2D eigenvalue weighted by atomic mass is 10.1. The first-order valence-corrected chi connectivity index (χ1v) is 11.9. The molecule has 0 aliphatic carbocycles. The van der Waals surface area contributed by atoms with Gasteiger partial charge in [-0.2, -0.15) is 4.98 Å². The topological polar surface area (TPSA) is 61.5 Å². The van der Waals surface area contributed by atoms with E-state index in [1.165, 1.54) is 12.1 Å². The molecule has 0 bridgehead atoms. The summed E-state index contributed by atoms with van der Waals surface area (Å²) in [5.74, 6) is 0.390. The summed E-state index contributed by atoms with van der Waals surface area (Å²) in [6.45, 7) is 7.30. The Morgan fingerprint density at radius 1 is 1.03 bits per heavy atom. The number of H-pyrrole nitrogens is 1. The highest BCUT2D eigenvalue weighted by Gasteiger charge is 2.19. The van der Waals surface area contributed by atoms with Gasteiger partial charge in [0, 0.05) is 54.8 Å². The molecule has 6 nitrogen and oxygen atoms in total. The summed E-state index contributed by atoms with van der Waals surface area (Å²) in [4.78, 5) is 23.5. The minimum absolute atomic E-state index is 0.155. The first-order valence-electron chi connectivity index (χ1n) is 11.9. The van der Waals surface area contributed by atoms with Crippen LogP contribution in [-0.2, 0) is 0 Å². The predicted octanol–water partition coefficient (Wildman–Crippen LogP) is 4.51. The van der Waals surface area contributed by atoms with E-state index in [1.807, 2.05) is 37.3 Å². The van der Waals surface area contributed by atoms with E-state index >= 15 is 0 Å². The van der Waals surface area contributed by atoms with Crippen molar-refractivity contribution < 1.29 is 9.13 Å². The zero-order valence-electron chi connectivity index (χ0n) is 19.4. The molecule has 0 radical (unpaired) electrons. The van der Waals surface area contributed by atoms with Crippen LogP contribution in [0.2, 0.25) is 0 Å². The molecule has 0 saturated carbocycles. The molecule has 1 N–H and O–H groups in total. The number of benzene rings is 2. The Labute approximate surface area is 198 Å². The number of rotatable bonds is 7. The van der Waals surface area contributed by atoms with E-state index < -0.39 is 0 Å². The highest BCUT2D eigenvalue weighted by Crippen LogP contribution is 2.30. The SMILES string of the molecule is Cc1cc(OCCCCN2CCN(c3cccc4cccc(F)c34)CC2)nc2[nH]c(=O)ccc12. The molecule has 1 aliphatic rings. The Hall–Kier alpha value is -3.45. The number of aromatic nitrogens is 2. The first-order chi connectivity index (χ1) is 16.6. The second kappa shape index (κ2) is 9.81. The van der Waals surface area contributed by atoms with E-state index in [0.717, 1.165) is 73.0 Å². The molecule has 0 spiro atoms. The van der Waals surface area contributed by atoms with Gasteiger partial charge in [0.15, 0.2) is 0 Å². The van der Waals surface area contributed by atoms with Crippen LogP contribution in [0.4, 0.5) is 10.1 Å². The van der Waals surface area contributed by atoms with Gasteiger partial charge in [-0.05, 0) is 55.5 Å². The number of fused-ring (bicyclic) bond motifs is 2. The molecule has 1 saturated heterocycles. The maximum Gasteiger partial charge on any atom is 0.249 e. The van der Waals surface area contributed by atoms with E-state index in [9.17, 15) is 9.18 Å². The lowest BCUT2D eigenvalue weighted by molar-refractivity contribution is 0.237. The van der Waals surface area contributed by atoms with Gasteiger partial charge in [-0.25, -0.2) is 4.39 Å². The Bertz CT molecular complexity index is 1360. The van der Waals surface area contributed by atoms with Crippen molar-refractivity contribution >= 4 is 27.5 Å². The van der Waals surface area contributed by atoms with Crippen molar-refractivity contribution in [3.05, 3.63) is 76.3 Å². The van der Waals surface area contributed by atoms with Gasteiger partial charge in [0.25, 0.3) is 0 Å². The van der Waals surface area contributed by atoms with Crippen molar-refractivity contribution in [2.24, 2.45) is 0 Å². The zero-order valence-corrected chi connectivity index (χ0v) is 19.4. The molecular weight excluding hydrogens is 431 g/mol. The van der Waals surface area contributed by atoms with Gasteiger partial charge in [0.05, 0.1) is 6.61 Å². The van der Waals surface area contributed by atoms with Crippen molar-refractivity contribution in [1.82, 2.24) is 14.9 Å². The quantitative estimate of drug-likeness (QED) is 0.412. The molecule has 1 fully saturated rings. The molecule has 0 unspecified atom stereocenters. The summed E-state index contributed by atoms with van der Waals surface area (Å²) in [5, 5.41) is 2.59. The number of hydrogen-bond donors (Lipinski definition) is 1. The largest absolute Gasteiger partial charge is 0.478 e. The van der Waals surface area contributed by atoms with E-state index in [4.69, 9.17) is 4.74 Å². The monoisotopic (exact) mass is 460 g/mol. The van der Waals surface area contributed by atoms with Crippen molar-refractivity contribution in [3.63, 3.8) is 0 Å². The molecule has 1 aliphatic heterocycles. The Kier molecular flexibility index (Phi) is 6.45. The van der Waals surface area contributed by atoms with E-state index in [-0.39, 0.29) is 11.4 Å². The molecule has 3 heterocycles. The summed E-state index contributed by atoms with van der Waals surface area (Å²) < 4.78 is 20.3. The lowest BCUT2D eigenvalue weighted by Gasteiger charge is -2.36. The van der Waals surface area contributed by atoms with Crippen LogP contribution in [-0.4, -0.2) is 54.2 Å². The van der Waals surface area contributed by atoms with Crippen molar-refractivity contribution in [2.45, 2.75) is 19.8 Å². The Morgan fingerprint density at radius 2 is 1.82 bits per heavy atom. The number of piperazine rings is 1. The molecule has 0 atom stereocenters.